The van der Waals surface area contributed by atoms with Crippen molar-refractivity contribution >= 4 is 0 Å². The summed E-state index contributed by atoms with van der Waals surface area (Å²) in [6, 6.07) is 1.35. The largest absolute Gasteiger partial charge is 0.310 e. The Bertz CT molecular complexity index is 168. The third kappa shape index (κ3) is 5.50. The van der Waals surface area contributed by atoms with Crippen LogP contribution in [0.2, 0.25) is 0 Å². The van der Waals surface area contributed by atoms with E-state index in [9.17, 15) is 0 Å². The van der Waals surface area contributed by atoms with Crippen LogP contribution in [0.15, 0.2) is 0 Å². The van der Waals surface area contributed by atoms with Crippen LogP contribution in [0.25, 0.3) is 0 Å². The maximum absolute atomic E-state index is 3.62. The predicted molar refractivity (Wildman–Crippen MR) is 66.3 cm³/mol. The van der Waals surface area contributed by atoms with E-state index in [1.807, 2.05) is 0 Å². The van der Waals surface area contributed by atoms with Gasteiger partial charge in [0.15, 0.2) is 0 Å². The van der Waals surface area contributed by atoms with Crippen LogP contribution in [0.3, 0.4) is 0 Å². The molecule has 1 aliphatic heterocycles. The minimum absolute atomic E-state index is 0.622. The Balaban J connectivity index is 2.08. The molecule has 1 N–H and O–H groups in total. The molecule has 1 rings (SSSR count). The van der Waals surface area contributed by atoms with E-state index in [4.69, 9.17) is 0 Å². The number of rotatable bonds is 6. The van der Waals surface area contributed by atoms with Gasteiger partial charge < -0.3 is 15.1 Å². The molecule has 15 heavy (non-hydrogen) atoms. The van der Waals surface area contributed by atoms with Gasteiger partial charge in [0, 0.05) is 18.6 Å². The van der Waals surface area contributed by atoms with E-state index >= 15 is 0 Å². The normalized spacial score (nSPS) is 23.2. The average molecular weight is 213 g/mol. The standard InChI is InChI=1S/C12H27N3/c1-11(2)13-12-6-9-15(10-12)8-5-7-14(3)4/h11-13H,5-10H2,1-4H3. The first-order valence-corrected chi connectivity index (χ1v) is 6.21. The Morgan fingerprint density at radius 2 is 2.13 bits per heavy atom. The molecular formula is C12H27N3. The van der Waals surface area contributed by atoms with Gasteiger partial charge in [-0.1, -0.05) is 13.8 Å². The molecule has 1 atom stereocenters. The van der Waals surface area contributed by atoms with Crippen LogP contribution in [0.4, 0.5) is 0 Å². The summed E-state index contributed by atoms with van der Waals surface area (Å²) in [7, 11) is 4.29. The summed E-state index contributed by atoms with van der Waals surface area (Å²) < 4.78 is 0. The van der Waals surface area contributed by atoms with Crippen LogP contribution in [0, 0.1) is 0 Å². The smallest absolute Gasteiger partial charge is 0.0209 e. The van der Waals surface area contributed by atoms with Crippen molar-refractivity contribution in [1.29, 1.82) is 0 Å². The first-order chi connectivity index (χ1) is 7.08. The number of nitrogens with one attached hydrogen (secondary N) is 1. The van der Waals surface area contributed by atoms with Crippen molar-refractivity contribution in [2.45, 2.75) is 38.8 Å². The molecule has 0 aromatic heterocycles. The Morgan fingerprint density at radius 1 is 1.40 bits per heavy atom. The minimum Gasteiger partial charge on any atom is -0.310 e. The molecule has 0 bridgehead atoms. The summed E-state index contributed by atoms with van der Waals surface area (Å²) in [5.74, 6) is 0. The maximum Gasteiger partial charge on any atom is 0.0209 e. The summed E-state index contributed by atoms with van der Waals surface area (Å²) >= 11 is 0. The summed E-state index contributed by atoms with van der Waals surface area (Å²) in [4.78, 5) is 4.85. The molecule has 0 aliphatic carbocycles. The van der Waals surface area contributed by atoms with Gasteiger partial charge in [0.1, 0.15) is 0 Å². The van der Waals surface area contributed by atoms with E-state index in [1.165, 1.54) is 39.0 Å². The highest BCUT2D eigenvalue weighted by molar-refractivity contribution is 4.81. The van der Waals surface area contributed by atoms with Gasteiger partial charge in [-0.05, 0) is 46.6 Å². The highest BCUT2D eigenvalue weighted by Gasteiger charge is 2.21. The van der Waals surface area contributed by atoms with Crippen LogP contribution in [-0.2, 0) is 0 Å². The van der Waals surface area contributed by atoms with Crippen molar-refractivity contribution in [3.8, 4) is 0 Å². The molecule has 90 valence electrons. The van der Waals surface area contributed by atoms with Gasteiger partial charge >= 0.3 is 0 Å². The highest BCUT2D eigenvalue weighted by atomic mass is 15.2. The Hall–Kier alpha value is -0.120. The Kier molecular flexibility index (Phi) is 5.58. The monoisotopic (exact) mass is 213 g/mol. The molecule has 1 aliphatic rings. The number of hydrogen-bond donors (Lipinski definition) is 1. The summed E-state index contributed by atoms with van der Waals surface area (Å²) in [6.45, 7) is 9.44. The van der Waals surface area contributed by atoms with Crippen molar-refractivity contribution in [1.82, 2.24) is 15.1 Å². The second-order valence-corrected chi connectivity index (χ2v) is 5.26. The van der Waals surface area contributed by atoms with E-state index in [0.717, 1.165) is 6.04 Å². The first kappa shape index (κ1) is 12.9. The topological polar surface area (TPSA) is 18.5 Å². The van der Waals surface area contributed by atoms with Gasteiger partial charge in [0.2, 0.25) is 0 Å². The molecule has 1 heterocycles. The second-order valence-electron chi connectivity index (χ2n) is 5.26. The number of nitrogens with zero attached hydrogens (tertiary/aromatic N) is 2. The zero-order valence-corrected chi connectivity index (χ0v) is 10.8. The van der Waals surface area contributed by atoms with Gasteiger partial charge in [-0.3, -0.25) is 0 Å². The molecule has 0 amide bonds. The van der Waals surface area contributed by atoms with Gasteiger partial charge in [-0.15, -0.1) is 0 Å². The van der Waals surface area contributed by atoms with Crippen molar-refractivity contribution in [2.24, 2.45) is 0 Å². The minimum atomic E-state index is 0.622. The van der Waals surface area contributed by atoms with E-state index in [0.29, 0.717) is 6.04 Å². The SMILES string of the molecule is CC(C)NC1CCN(CCCN(C)C)C1. The lowest BCUT2D eigenvalue weighted by molar-refractivity contribution is 0.294. The molecule has 0 saturated carbocycles. The third-order valence-corrected chi connectivity index (χ3v) is 2.92. The zero-order chi connectivity index (χ0) is 11.3. The van der Waals surface area contributed by atoms with Crippen LogP contribution in [-0.4, -0.2) is 62.2 Å². The Morgan fingerprint density at radius 3 is 2.73 bits per heavy atom. The van der Waals surface area contributed by atoms with E-state index in [-0.39, 0.29) is 0 Å². The van der Waals surface area contributed by atoms with E-state index in [1.54, 1.807) is 0 Å². The molecule has 3 heteroatoms. The molecule has 0 radical (unpaired) electrons. The molecular weight excluding hydrogens is 186 g/mol. The van der Waals surface area contributed by atoms with Gasteiger partial charge in [0.05, 0.1) is 0 Å². The Labute approximate surface area is 94.8 Å². The fourth-order valence-electron chi connectivity index (χ4n) is 2.25. The lowest BCUT2D eigenvalue weighted by atomic mass is 10.2. The fraction of sp³-hybridized carbons (Fsp3) is 1.00. The van der Waals surface area contributed by atoms with Crippen LogP contribution < -0.4 is 5.32 Å². The molecule has 0 spiro atoms. The third-order valence-electron chi connectivity index (χ3n) is 2.92. The number of likely N-dealkylation sites (tertiary alicyclic amines) is 1. The van der Waals surface area contributed by atoms with Crippen LogP contribution >= 0.6 is 0 Å². The quantitative estimate of drug-likeness (QED) is 0.710. The van der Waals surface area contributed by atoms with Crippen LogP contribution in [0.1, 0.15) is 26.7 Å². The summed E-state index contributed by atoms with van der Waals surface area (Å²) in [5, 5.41) is 3.62. The lowest BCUT2D eigenvalue weighted by Crippen LogP contribution is -2.37. The van der Waals surface area contributed by atoms with E-state index < -0.39 is 0 Å². The van der Waals surface area contributed by atoms with Crippen LogP contribution in [0.5, 0.6) is 0 Å². The molecule has 0 aromatic rings. The lowest BCUT2D eigenvalue weighted by Gasteiger charge is -2.19. The van der Waals surface area contributed by atoms with Gasteiger partial charge in [0.25, 0.3) is 0 Å². The van der Waals surface area contributed by atoms with Gasteiger partial charge in [-0.2, -0.15) is 0 Å². The summed E-state index contributed by atoms with van der Waals surface area (Å²) in [5.41, 5.74) is 0. The molecule has 1 fully saturated rings. The molecule has 0 aromatic carbocycles. The predicted octanol–water partition coefficient (Wildman–Crippen LogP) is 1.01. The maximum atomic E-state index is 3.62. The average Bonchev–Trinajstić information content (AvgIpc) is 2.50. The molecule has 1 saturated heterocycles. The second kappa shape index (κ2) is 6.46. The van der Waals surface area contributed by atoms with Crippen molar-refractivity contribution in [2.75, 3.05) is 40.3 Å². The van der Waals surface area contributed by atoms with Crippen molar-refractivity contribution in [3.05, 3.63) is 0 Å². The number of hydrogen-bond acceptors (Lipinski definition) is 3. The first-order valence-electron chi connectivity index (χ1n) is 6.21. The summed E-state index contributed by atoms with van der Waals surface area (Å²) in [6.07, 6.45) is 2.61. The molecule has 1 unspecified atom stereocenters. The van der Waals surface area contributed by atoms with Crippen molar-refractivity contribution < 1.29 is 0 Å². The zero-order valence-electron chi connectivity index (χ0n) is 10.8. The van der Waals surface area contributed by atoms with Crippen molar-refractivity contribution in [3.63, 3.8) is 0 Å². The van der Waals surface area contributed by atoms with Gasteiger partial charge in [-0.25, -0.2) is 0 Å². The van der Waals surface area contributed by atoms with E-state index in [2.05, 4.69) is 43.1 Å². The highest BCUT2D eigenvalue weighted by Crippen LogP contribution is 2.10. The molecule has 3 nitrogen and oxygen atoms in total. The fourth-order valence-corrected chi connectivity index (χ4v) is 2.25.